The topological polar surface area (TPSA) is 433 Å². The molecule has 3 amide bonds. The highest BCUT2D eigenvalue weighted by Gasteiger charge is 2.58. The Bertz CT molecular complexity index is 1540. The number of nitrogens with one attached hydrogen (secondary N) is 3. The number of carbonyl (C=O) groups excluding carboxylic acids is 3. The predicted molar refractivity (Wildman–Crippen MR) is 200 cm³/mol. The van der Waals surface area contributed by atoms with Crippen molar-refractivity contribution in [3.05, 3.63) is 0 Å². The number of carbonyl (C=O) groups is 3. The molecule has 5 aliphatic rings. The van der Waals surface area contributed by atoms with Crippen molar-refractivity contribution < 1.29 is 123 Å². The van der Waals surface area contributed by atoms with Crippen LogP contribution in [0.25, 0.3) is 0 Å². The zero-order chi connectivity index (χ0) is 47.5. The highest BCUT2D eigenvalue weighted by atomic mass is 16.8. The van der Waals surface area contributed by atoms with E-state index in [4.69, 9.17) is 42.6 Å². The van der Waals surface area contributed by atoms with E-state index in [1.165, 1.54) is 6.92 Å². The minimum Gasteiger partial charge on any atom is -0.394 e. The first-order valence-electron chi connectivity index (χ1n) is 20.4. The lowest BCUT2D eigenvalue weighted by Gasteiger charge is -2.52. The highest BCUT2D eigenvalue weighted by Crippen LogP contribution is 2.37. The maximum Gasteiger partial charge on any atom is 0.217 e. The highest BCUT2D eigenvalue weighted by molar-refractivity contribution is 5.74. The van der Waals surface area contributed by atoms with E-state index in [9.17, 15) is 80.8 Å². The van der Waals surface area contributed by atoms with Crippen LogP contribution in [0, 0.1) is 0 Å². The summed E-state index contributed by atoms with van der Waals surface area (Å²) in [6.45, 7) is 0.697. The SMILES string of the molecule is CC(=O)N[C@@H]1[C@@H](OC2O[C@H](CO)[C@@H](O)[C@H](OC3O[C@H](CO)[C@H](O)[C@H](OC4O[C@H](CO)[C@H](O)[C@H](O)[C@H]4NC(C)=O)[C@H]3OC3O[C@@H](C)[C@@H](O)[C@@H](O)[C@@H]3O)[C@H]2NC(C)=O)[C@@H](O)[C@@H](CO)O[C@@H]1O. The molecule has 0 aromatic carbocycles. The molecule has 0 radical (unpaired) electrons. The molecule has 0 aromatic heterocycles. The third-order valence-corrected chi connectivity index (χ3v) is 11.5. The van der Waals surface area contributed by atoms with Gasteiger partial charge in [-0.25, -0.2) is 0 Å². The summed E-state index contributed by atoms with van der Waals surface area (Å²) in [5.41, 5.74) is 0. The summed E-state index contributed by atoms with van der Waals surface area (Å²) in [6, 6.07) is -4.94. The number of hydrogen-bond donors (Lipinski definition) is 16. The lowest BCUT2D eigenvalue weighted by Crippen LogP contribution is -2.71. The molecule has 5 saturated heterocycles. The molecule has 370 valence electrons. The average molecular weight is 936 g/mol. The van der Waals surface area contributed by atoms with Crippen LogP contribution in [0.1, 0.15) is 27.7 Å². The van der Waals surface area contributed by atoms with Gasteiger partial charge >= 0.3 is 0 Å². The Morgan fingerprint density at radius 3 is 1.33 bits per heavy atom. The van der Waals surface area contributed by atoms with Crippen LogP contribution in [0.15, 0.2) is 0 Å². The normalized spacial score (nSPS) is 47.7. The Kier molecular flexibility index (Phi) is 18.5. The predicted octanol–water partition coefficient (Wildman–Crippen LogP) is -10.5. The van der Waals surface area contributed by atoms with Gasteiger partial charge in [-0.3, -0.25) is 14.4 Å². The van der Waals surface area contributed by atoms with Crippen molar-refractivity contribution in [3.63, 3.8) is 0 Å². The lowest BCUT2D eigenvalue weighted by molar-refractivity contribution is -0.398. The van der Waals surface area contributed by atoms with Crippen LogP contribution < -0.4 is 16.0 Å². The van der Waals surface area contributed by atoms with Gasteiger partial charge in [-0.1, -0.05) is 0 Å². The van der Waals surface area contributed by atoms with Crippen LogP contribution in [0.4, 0.5) is 0 Å². The van der Waals surface area contributed by atoms with Crippen LogP contribution in [-0.4, -0.2) is 264 Å². The molecule has 0 aromatic rings. The molecular weight excluding hydrogens is 874 g/mol. The molecule has 16 N–H and O–H groups in total. The number of amides is 3. The van der Waals surface area contributed by atoms with Crippen LogP contribution in [0.2, 0.25) is 0 Å². The Hall–Kier alpha value is -2.47. The monoisotopic (exact) mass is 935 g/mol. The first-order chi connectivity index (χ1) is 30.2. The molecule has 0 spiro atoms. The van der Waals surface area contributed by atoms with E-state index in [1.807, 2.05) is 0 Å². The van der Waals surface area contributed by atoms with Crippen molar-refractivity contribution in [2.24, 2.45) is 0 Å². The Balaban J connectivity index is 1.58. The van der Waals surface area contributed by atoms with Crippen molar-refractivity contribution in [1.29, 1.82) is 0 Å². The van der Waals surface area contributed by atoms with E-state index < -0.39 is 197 Å². The van der Waals surface area contributed by atoms with Gasteiger partial charge in [-0.15, -0.1) is 0 Å². The molecular formula is C36H61N3O25. The van der Waals surface area contributed by atoms with Crippen LogP contribution in [0.5, 0.6) is 0 Å². The van der Waals surface area contributed by atoms with Gasteiger partial charge in [0.15, 0.2) is 31.5 Å². The maximum absolute atomic E-state index is 12.8. The standard InChI is InChI=1S/C36H61N3O25/c1-9-20(47)26(53)27(54)35(56-9)64-31-30(63-33-17(37-10(2)44)25(52)21(48)13(5-40)58-33)24(51)16(8-43)60-36(31)62-29-19(39-12(4)46)34(59-15(7-42)23(29)50)61-28-18(38-11(3)45)32(55)57-14(6-41)22(28)49/h9,13-36,40-43,47-55H,5-8H2,1-4H3,(H,37,44)(H,38,45)(H,39,46)/t9-,13+,14+,15+,16+,17+,18+,19+,20+,21-,22-,23+,24-,25+,26+,27-,28+,29+,30-,31+,32-,33?,34?,35?,36?/m0/s1. The molecule has 5 heterocycles. The van der Waals surface area contributed by atoms with E-state index in [0.29, 0.717) is 0 Å². The van der Waals surface area contributed by atoms with Crippen molar-refractivity contribution in [2.75, 3.05) is 26.4 Å². The Morgan fingerprint density at radius 2 is 0.797 bits per heavy atom. The summed E-state index contributed by atoms with van der Waals surface area (Å²) in [7, 11) is 0. The second-order valence-electron chi connectivity index (χ2n) is 16.1. The van der Waals surface area contributed by atoms with Crippen LogP contribution >= 0.6 is 0 Å². The number of ether oxygens (including phenoxy) is 9. The molecule has 0 saturated carbocycles. The molecule has 0 aliphatic carbocycles. The van der Waals surface area contributed by atoms with Crippen molar-refractivity contribution in [2.45, 2.75) is 181 Å². The largest absolute Gasteiger partial charge is 0.394 e. The van der Waals surface area contributed by atoms with Gasteiger partial charge in [-0.2, -0.15) is 0 Å². The van der Waals surface area contributed by atoms with Crippen molar-refractivity contribution >= 4 is 17.7 Å². The van der Waals surface area contributed by atoms with Gasteiger partial charge in [0.25, 0.3) is 0 Å². The zero-order valence-corrected chi connectivity index (χ0v) is 35.0. The fourth-order valence-corrected chi connectivity index (χ4v) is 8.15. The molecule has 5 fully saturated rings. The number of aliphatic hydroxyl groups excluding tert-OH is 13. The lowest BCUT2D eigenvalue weighted by atomic mass is 9.93. The molecule has 5 aliphatic heterocycles. The average Bonchev–Trinajstić information content (AvgIpc) is 3.24. The summed E-state index contributed by atoms with van der Waals surface area (Å²) in [5.74, 6) is -2.33. The third-order valence-electron chi connectivity index (χ3n) is 11.5. The molecule has 64 heavy (non-hydrogen) atoms. The maximum atomic E-state index is 12.8. The van der Waals surface area contributed by atoms with E-state index in [2.05, 4.69) is 16.0 Å². The van der Waals surface area contributed by atoms with Gasteiger partial charge in [0.05, 0.1) is 32.5 Å². The van der Waals surface area contributed by atoms with Gasteiger partial charge in [0, 0.05) is 20.8 Å². The Morgan fingerprint density at radius 1 is 0.406 bits per heavy atom. The molecule has 5 rings (SSSR count). The molecule has 28 nitrogen and oxygen atoms in total. The quantitative estimate of drug-likeness (QED) is 0.0725. The van der Waals surface area contributed by atoms with Gasteiger partial charge in [-0.05, 0) is 6.92 Å². The summed E-state index contributed by atoms with van der Waals surface area (Å²) >= 11 is 0. The minimum absolute atomic E-state index is 0.732. The fraction of sp³-hybridized carbons (Fsp3) is 0.917. The van der Waals surface area contributed by atoms with Gasteiger partial charge in [0.2, 0.25) is 17.7 Å². The fourth-order valence-electron chi connectivity index (χ4n) is 8.15. The van der Waals surface area contributed by atoms with Crippen molar-refractivity contribution in [3.8, 4) is 0 Å². The van der Waals surface area contributed by atoms with Gasteiger partial charge in [0.1, 0.15) is 116 Å². The third kappa shape index (κ3) is 11.4. The second-order valence-corrected chi connectivity index (χ2v) is 16.1. The van der Waals surface area contributed by atoms with E-state index in [-0.39, 0.29) is 0 Å². The minimum atomic E-state index is -2.09. The van der Waals surface area contributed by atoms with E-state index >= 15 is 0 Å². The molecule has 28 heteroatoms. The molecule has 25 atom stereocenters. The van der Waals surface area contributed by atoms with Crippen LogP contribution in [0.3, 0.4) is 0 Å². The first-order valence-corrected chi connectivity index (χ1v) is 20.4. The summed E-state index contributed by atoms with van der Waals surface area (Å²) in [5, 5.41) is 147. The van der Waals surface area contributed by atoms with E-state index in [1.54, 1.807) is 0 Å². The zero-order valence-electron chi connectivity index (χ0n) is 35.0. The van der Waals surface area contributed by atoms with E-state index in [0.717, 1.165) is 20.8 Å². The summed E-state index contributed by atoms with van der Waals surface area (Å²) in [6.07, 6.45) is -40.1. The molecule has 0 bridgehead atoms. The first kappa shape index (κ1) is 52.5. The number of aliphatic hydroxyl groups is 13. The van der Waals surface area contributed by atoms with Crippen molar-refractivity contribution in [1.82, 2.24) is 16.0 Å². The number of hydrogen-bond acceptors (Lipinski definition) is 25. The summed E-state index contributed by atoms with van der Waals surface area (Å²) < 4.78 is 53.0. The summed E-state index contributed by atoms with van der Waals surface area (Å²) in [4.78, 5) is 37.2. The molecule has 4 unspecified atom stereocenters. The Labute approximate surface area is 364 Å². The smallest absolute Gasteiger partial charge is 0.217 e. The number of rotatable bonds is 15. The van der Waals surface area contributed by atoms with Gasteiger partial charge < -0.3 is 125 Å². The second kappa shape index (κ2) is 22.6. The van der Waals surface area contributed by atoms with Crippen LogP contribution in [-0.2, 0) is 57.0 Å².